The van der Waals surface area contributed by atoms with E-state index >= 15 is 0 Å². The summed E-state index contributed by atoms with van der Waals surface area (Å²) in [7, 11) is 3.83. The van der Waals surface area contributed by atoms with Crippen LogP contribution in [0.1, 0.15) is 6.92 Å². The van der Waals surface area contributed by atoms with E-state index in [9.17, 15) is 0 Å². The molecule has 0 saturated carbocycles. The Morgan fingerprint density at radius 2 is 2.23 bits per heavy atom. The minimum atomic E-state index is 0.810. The largest absolute Gasteiger partial charge is 0.372 e. The van der Waals surface area contributed by atoms with E-state index in [1.165, 1.54) is 0 Å². The molecule has 0 bridgehead atoms. The molecular weight excluding hydrogens is 232 g/mol. The predicted octanol–water partition coefficient (Wildman–Crippen LogP) is 1.74. The van der Waals surface area contributed by atoms with Gasteiger partial charge in [0.15, 0.2) is 0 Å². The van der Waals surface area contributed by atoms with Crippen LogP contribution in [0.5, 0.6) is 0 Å². The molecule has 0 aromatic carbocycles. The van der Waals surface area contributed by atoms with E-state index < -0.39 is 0 Å². The summed E-state index contributed by atoms with van der Waals surface area (Å²) < 4.78 is 0.904. The summed E-state index contributed by atoms with van der Waals surface area (Å²) >= 11 is 3.45. The molecule has 0 fully saturated rings. The van der Waals surface area contributed by atoms with Crippen molar-refractivity contribution in [2.45, 2.75) is 6.92 Å². The summed E-state index contributed by atoms with van der Waals surface area (Å²) in [6, 6.07) is 0. The number of aromatic nitrogens is 2. The highest BCUT2D eigenvalue weighted by molar-refractivity contribution is 9.10. The van der Waals surface area contributed by atoms with E-state index in [2.05, 4.69) is 38.1 Å². The molecule has 1 heterocycles. The molecule has 1 N–H and O–H groups in total. The van der Waals surface area contributed by atoms with Crippen molar-refractivity contribution < 1.29 is 0 Å². The van der Waals surface area contributed by atoms with E-state index in [1.54, 1.807) is 6.33 Å². The van der Waals surface area contributed by atoms with Crippen molar-refractivity contribution in [3.8, 4) is 0 Å². The molecule has 0 aliphatic rings. The first-order chi connectivity index (χ1) is 6.20. The molecule has 1 aromatic heterocycles. The van der Waals surface area contributed by atoms with Gasteiger partial charge in [0, 0.05) is 20.6 Å². The monoisotopic (exact) mass is 244 g/mol. The first kappa shape index (κ1) is 10.2. The molecule has 0 saturated heterocycles. The lowest BCUT2D eigenvalue weighted by atomic mass is 10.4. The zero-order chi connectivity index (χ0) is 9.84. The Kier molecular flexibility index (Phi) is 3.48. The second-order valence-corrected chi connectivity index (χ2v) is 3.42. The van der Waals surface area contributed by atoms with Crippen LogP contribution in [0.25, 0.3) is 0 Å². The van der Waals surface area contributed by atoms with Gasteiger partial charge in [0.1, 0.15) is 22.4 Å². The number of rotatable bonds is 3. The molecule has 4 nitrogen and oxygen atoms in total. The van der Waals surface area contributed by atoms with Crippen LogP contribution in [0, 0.1) is 0 Å². The topological polar surface area (TPSA) is 41.1 Å². The number of hydrogen-bond donors (Lipinski definition) is 1. The van der Waals surface area contributed by atoms with Crippen LogP contribution in [0.3, 0.4) is 0 Å². The Bertz CT molecular complexity index is 289. The second-order valence-electron chi connectivity index (χ2n) is 2.62. The lowest BCUT2D eigenvalue weighted by molar-refractivity contribution is 0.923. The molecule has 1 aromatic rings. The van der Waals surface area contributed by atoms with Crippen LogP contribution in [0.15, 0.2) is 10.8 Å². The van der Waals surface area contributed by atoms with Gasteiger partial charge in [-0.1, -0.05) is 0 Å². The molecule has 5 heteroatoms. The predicted molar refractivity (Wildman–Crippen MR) is 58.2 cm³/mol. The summed E-state index contributed by atoms with van der Waals surface area (Å²) in [6.07, 6.45) is 1.55. The van der Waals surface area contributed by atoms with Crippen LogP contribution in [0.2, 0.25) is 0 Å². The third-order valence-corrected chi connectivity index (χ3v) is 2.57. The lowest BCUT2D eigenvalue weighted by Gasteiger charge is -2.17. The van der Waals surface area contributed by atoms with E-state index in [-0.39, 0.29) is 0 Å². The Hall–Kier alpha value is -0.840. The summed E-state index contributed by atoms with van der Waals surface area (Å²) in [6.45, 7) is 2.99. The van der Waals surface area contributed by atoms with Gasteiger partial charge < -0.3 is 10.2 Å². The number of nitrogens with one attached hydrogen (secondary N) is 1. The molecule has 1 rings (SSSR count). The molecule has 0 spiro atoms. The van der Waals surface area contributed by atoms with Crippen LogP contribution >= 0.6 is 15.9 Å². The smallest absolute Gasteiger partial charge is 0.148 e. The first-order valence-corrected chi connectivity index (χ1v) is 4.89. The average molecular weight is 245 g/mol. The summed E-state index contributed by atoms with van der Waals surface area (Å²) in [5.74, 6) is 1.71. The maximum Gasteiger partial charge on any atom is 0.148 e. The van der Waals surface area contributed by atoms with Gasteiger partial charge in [0.2, 0.25) is 0 Å². The maximum absolute atomic E-state index is 4.19. The van der Waals surface area contributed by atoms with E-state index in [4.69, 9.17) is 0 Å². The van der Waals surface area contributed by atoms with Crippen LogP contribution < -0.4 is 10.2 Å². The highest BCUT2D eigenvalue weighted by Gasteiger charge is 2.09. The highest BCUT2D eigenvalue weighted by atomic mass is 79.9. The molecule has 0 radical (unpaired) electrons. The van der Waals surface area contributed by atoms with Gasteiger partial charge >= 0.3 is 0 Å². The van der Waals surface area contributed by atoms with Crippen LogP contribution in [-0.2, 0) is 0 Å². The number of anilines is 2. The summed E-state index contributed by atoms with van der Waals surface area (Å²) in [4.78, 5) is 10.3. The lowest BCUT2D eigenvalue weighted by Crippen LogP contribution is -2.18. The fraction of sp³-hybridized carbons (Fsp3) is 0.500. The normalized spacial score (nSPS) is 9.85. The maximum atomic E-state index is 4.19. The van der Waals surface area contributed by atoms with Gasteiger partial charge in [-0.25, -0.2) is 9.97 Å². The fourth-order valence-corrected chi connectivity index (χ4v) is 1.66. The summed E-state index contributed by atoms with van der Waals surface area (Å²) in [5, 5.41) is 2.99. The molecule has 72 valence electrons. The molecule has 0 aliphatic heterocycles. The SMILES string of the molecule is CCN(C)c1ncnc(NC)c1Br. The number of hydrogen-bond acceptors (Lipinski definition) is 4. The Morgan fingerprint density at radius 1 is 1.54 bits per heavy atom. The molecule has 0 atom stereocenters. The molecule has 13 heavy (non-hydrogen) atoms. The third-order valence-electron chi connectivity index (χ3n) is 1.84. The minimum Gasteiger partial charge on any atom is -0.372 e. The Labute approximate surface area is 86.5 Å². The van der Waals surface area contributed by atoms with Crippen molar-refractivity contribution in [3.05, 3.63) is 10.8 Å². The molecule has 0 unspecified atom stereocenters. The molecule has 0 amide bonds. The number of nitrogens with zero attached hydrogens (tertiary/aromatic N) is 3. The first-order valence-electron chi connectivity index (χ1n) is 4.10. The molecule has 0 aliphatic carbocycles. The fourth-order valence-electron chi connectivity index (χ4n) is 0.951. The standard InChI is InChI=1S/C8H13BrN4/c1-4-13(3)8-6(9)7(10-2)11-5-12-8/h5H,4H2,1-3H3,(H,10,11,12). The van der Waals surface area contributed by atoms with Crippen molar-refractivity contribution in [1.82, 2.24) is 9.97 Å². The van der Waals surface area contributed by atoms with Gasteiger partial charge in [-0.3, -0.25) is 0 Å². The minimum absolute atomic E-state index is 0.810. The Morgan fingerprint density at radius 3 is 2.77 bits per heavy atom. The van der Waals surface area contributed by atoms with Crippen LogP contribution in [-0.4, -0.2) is 30.6 Å². The second kappa shape index (κ2) is 4.41. The van der Waals surface area contributed by atoms with E-state index in [0.29, 0.717) is 0 Å². The third kappa shape index (κ3) is 2.09. The quantitative estimate of drug-likeness (QED) is 0.880. The average Bonchev–Trinajstić information content (AvgIpc) is 2.17. The zero-order valence-electron chi connectivity index (χ0n) is 8.00. The Balaban J connectivity index is 3.08. The van der Waals surface area contributed by atoms with Crippen molar-refractivity contribution >= 4 is 27.6 Å². The van der Waals surface area contributed by atoms with Crippen molar-refractivity contribution in [3.63, 3.8) is 0 Å². The van der Waals surface area contributed by atoms with Crippen molar-refractivity contribution in [2.75, 3.05) is 30.9 Å². The number of halogens is 1. The van der Waals surface area contributed by atoms with Crippen molar-refractivity contribution in [1.29, 1.82) is 0 Å². The van der Waals surface area contributed by atoms with Gasteiger partial charge in [0.05, 0.1) is 0 Å². The molecular formula is C8H13BrN4. The van der Waals surface area contributed by atoms with Gasteiger partial charge in [0.25, 0.3) is 0 Å². The van der Waals surface area contributed by atoms with Gasteiger partial charge in [-0.15, -0.1) is 0 Å². The van der Waals surface area contributed by atoms with Gasteiger partial charge in [-0.2, -0.15) is 0 Å². The highest BCUT2D eigenvalue weighted by Crippen LogP contribution is 2.27. The van der Waals surface area contributed by atoms with Gasteiger partial charge in [-0.05, 0) is 22.9 Å². The summed E-state index contributed by atoms with van der Waals surface area (Å²) in [5.41, 5.74) is 0. The zero-order valence-corrected chi connectivity index (χ0v) is 9.59. The van der Waals surface area contributed by atoms with Crippen LogP contribution in [0.4, 0.5) is 11.6 Å². The van der Waals surface area contributed by atoms with E-state index in [1.807, 2.05) is 19.0 Å². The van der Waals surface area contributed by atoms with Crippen molar-refractivity contribution in [2.24, 2.45) is 0 Å². The van der Waals surface area contributed by atoms with E-state index in [0.717, 1.165) is 22.7 Å².